The molecular weight excluding hydrogens is 317 g/mol. The Labute approximate surface area is 145 Å². The van der Waals surface area contributed by atoms with Gasteiger partial charge in [-0.3, -0.25) is 0 Å². The molecule has 0 bridgehead atoms. The van der Waals surface area contributed by atoms with Crippen molar-refractivity contribution in [2.75, 3.05) is 0 Å². The van der Waals surface area contributed by atoms with Crippen LogP contribution in [0.25, 0.3) is 16.8 Å². The van der Waals surface area contributed by atoms with E-state index >= 15 is 0 Å². The Morgan fingerprint density at radius 2 is 1.80 bits per heavy atom. The third kappa shape index (κ3) is 3.17. The van der Waals surface area contributed by atoms with E-state index in [0.717, 1.165) is 22.4 Å². The molecule has 0 amide bonds. The van der Waals surface area contributed by atoms with Gasteiger partial charge in [0.15, 0.2) is 0 Å². The molecule has 4 heteroatoms. The average Bonchev–Trinajstić information content (AvgIpc) is 3.01. The number of benzene rings is 2. The summed E-state index contributed by atoms with van der Waals surface area (Å²) >= 11 is 0. The van der Waals surface area contributed by atoms with Crippen LogP contribution in [0, 0.1) is 24.6 Å². The molecule has 0 unspecified atom stereocenters. The van der Waals surface area contributed by atoms with Crippen molar-refractivity contribution in [1.29, 1.82) is 0 Å². The quantitative estimate of drug-likeness (QED) is 0.708. The number of aromatic carboxylic acids is 1. The Morgan fingerprint density at radius 1 is 1.08 bits per heavy atom. The summed E-state index contributed by atoms with van der Waals surface area (Å²) in [6.07, 6.45) is 3.75. The second-order valence-corrected chi connectivity index (χ2v) is 5.63. The molecule has 3 nitrogen and oxygen atoms in total. The first kappa shape index (κ1) is 16.5. The van der Waals surface area contributed by atoms with Gasteiger partial charge in [0.05, 0.1) is 11.1 Å². The molecule has 0 aliphatic heterocycles. The monoisotopic (exact) mass is 333 g/mol. The maximum Gasteiger partial charge on any atom is 0.335 e. The number of halogens is 1. The van der Waals surface area contributed by atoms with Gasteiger partial charge in [0.2, 0.25) is 0 Å². The molecule has 3 rings (SSSR count). The number of hydrogen-bond donors (Lipinski definition) is 1. The smallest absolute Gasteiger partial charge is 0.335 e. The van der Waals surface area contributed by atoms with Crippen molar-refractivity contribution in [2.24, 2.45) is 0 Å². The first-order valence-corrected chi connectivity index (χ1v) is 7.75. The molecule has 1 aromatic heterocycles. The summed E-state index contributed by atoms with van der Waals surface area (Å²) in [6.45, 7) is 3.49. The van der Waals surface area contributed by atoms with E-state index < -0.39 is 5.97 Å². The predicted molar refractivity (Wildman–Crippen MR) is 95.4 cm³/mol. The van der Waals surface area contributed by atoms with Gasteiger partial charge < -0.3 is 9.67 Å². The van der Waals surface area contributed by atoms with E-state index in [2.05, 4.69) is 11.8 Å². The minimum Gasteiger partial charge on any atom is -0.478 e. The number of aromatic nitrogens is 1. The Kier molecular flexibility index (Phi) is 4.40. The summed E-state index contributed by atoms with van der Waals surface area (Å²) in [4.78, 5) is 11.0. The molecule has 3 aromatic rings. The van der Waals surface area contributed by atoms with Crippen LogP contribution in [0.2, 0.25) is 0 Å². The summed E-state index contributed by atoms with van der Waals surface area (Å²) in [5.41, 5.74) is 4.03. The zero-order valence-electron chi connectivity index (χ0n) is 13.9. The molecule has 0 spiro atoms. The predicted octanol–water partition coefficient (Wildman–Crippen LogP) is 4.66. The second kappa shape index (κ2) is 6.66. The van der Waals surface area contributed by atoms with E-state index in [0.29, 0.717) is 5.56 Å². The van der Waals surface area contributed by atoms with Gasteiger partial charge >= 0.3 is 5.97 Å². The molecule has 0 fully saturated rings. The SMILES string of the molecule is CC#Cc1cn(-c2ccc(C(=O)O)cc2)cc1-c1cccc(F)c1C. The van der Waals surface area contributed by atoms with Crippen molar-refractivity contribution < 1.29 is 14.3 Å². The highest BCUT2D eigenvalue weighted by Crippen LogP contribution is 2.30. The molecule has 25 heavy (non-hydrogen) atoms. The summed E-state index contributed by atoms with van der Waals surface area (Å²) in [5, 5.41) is 9.01. The molecular formula is C21H16FNO2. The van der Waals surface area contributed by atoms with Crippen LogP contribution >= 0.6 is 0 Å². The van der Waals surface area contributed by atoms with Crippen molar-refractivity contribution in [2.45, 2.75) is 13.8 Å². The van der Waals surface area contributed by atoms with Crippen LogP contribution in [0.1, 0.15) is 28.4 Å². The van der Waals surface area contributed by atoms with Gasteiger partial charge in [-0.05, 0) is 55.3 Å². The summed E-state index contributed by atoms with van der Waals surface area (Å²) < 4.78 is 15.8. The number of rotatable bonds is 3. The fourth-order valence-electron chi connectivity index (χ4n) is 2.73. The molecule has 0 aliphatic carbocycles. The maximum absolute atomic E-state index is 13.9. The fourth-order valence-corrected chi connectivity index (χ4v) is 2.73. The molecule has 0 atom stereocenters. The van der Waals surface area contributed by atoms with Crippen molar-refractivity contribution in [1.82, 2.24) is 4.57 Å². The first-order chi connectivity index (χ1) is 12.0. The highest BCUT2D eigenvalue weighted by molar-refractivity contribution is 5.87. The maximum atomic E-state index is 13.9. The molecule has 0 saturated carbocycles. The molecule has 2 aromatic carbocycles. The van der Waals surface area contributed by atoms with E-state index in [1.54, 1.807) is 44.2 Å². The van der Waals surface area contributed by atoms with Gasteiger partial charge in [0, 0.05) is 23.6 Å². The van der Waals surface area contributed by atoms with Crippen molar-refractivity contribution in [3.63, 3.8) is 0 Å². The second-order valence-electron chi connectivity index (χ2n) is 5.63. The van der Waals surface area contributed by atoms with Gasteiger partial charge in [0.1, 0.15) is 5.82 Å². The highest BCUT2D eigenvalue weighted by Gasteiger charge is 2.13. The standard InChI is InChI=1S/C21H16FNO2/c1-3-5-16-12-23(17-10-8-15(9-11-17)21(24)25)13-19(16)18-6-4-7-20(22)14(18)2/h4,6-13H,1-2H3,(H,24,25). The third-order valence-corrected chi connectivity index (χ3v) is 4.06. The lowest BCUT2D eigenvalue weighted by Crippen LogP contribution is -1.97. The summed E-state index contributed by atoms with van der Waals surface area (Å²) in [5.74, 6) is 4.71. The van der Waals surface area contributed by atoms with Crippen molar-refractivity contribution in [3.8, 4) is 28.7 Å². The van der Waals surface area contributed by atoms with E-state index in [1.807, 2.05) is 23.0 Å². The van der Waals surface area contributed by atoms with Crippen LogP contribution in [0.4, 0.5) is 4.39 Å². The van der Waals surface area contributed by atoms with Crippen LogP contribution in [0.5, 0.6) is 0 Å². The van der Waals surface area contributed by atoms with E-state index in [9.17, 15) is 9.18 Å². The summed E-state index contributed by atoms with van der Waals surface area (Å²) in [7, 11) is 0. The van der Waals surface area contributed by atoms with Gasteiger partial charge in [-0.2, -0.15) is 0 Å². The fraction of sp³-hybridized carbons (Fsp3) is 0.0952. The van der Waals surface area contributed by atoms with Crippen LogP contribution in [-0.4, -0.2) is 15.6 Å². The lowest BCUT2D eigenvalue weighted by atomic mass is 9.99. The van der Waals surface area contributed by atoms with Gasteiger partial charge in [-0.15, -0.1) is 5.92 Å². The summed E-state index contributed by atoms with van der Waals surface area (Å²) in [6, 6.07) is 11.5. The van der Waals surface area contributed by atoms with E-state index in [-0.39, 0.29) is 11.4 Å². The topological polar surface area (TPSA) is 42.2 Å². The zero-order valence-corrected chi connectivity index (χ0v) is 13.9. The van der Waals surface area contributed by atoms with Crippen LogP contribution < -0.4 is 0 Å². The molecule has 124 valence electrons. The Hall–Kier alpha value is -3.32. The largest absolute Gasteiger partial charge is 0.478 e. The third-order valence-electron chi connectivity index (χ3n) is 4.06. The van der Waals surface area contributed by atoms with E-state index in [4.69, 9.17) is 5.11 Å². The van der Waals surface area contributed by atoms with Crippen molar-refractivity contribution in [3.05, 3.63) is 77.4 Å². The number of carboxylic acids is 1. The van der Waals surface area contributed by atoms with Crippen LogP contribution in [-0.2, 0) is 0 Å². The Bertz CT molecular complexity index is 1000. The molecule has 1 heterocycles. The minimum atomic E-state index is -0.965. The van der Waals surface area contributed by atoms with Crippen LogP contribution in [0.15, 0.2) is 54.9 Å². The van der Waals surface area contributed by atoms with Crippen molar-refractivity contribution >= 4 is 5.97 Å². The minimum absolute atomic E-state index is 0.227. The van der Waals surface area contributed by atoms with Gasteiger partial charge in [-0.1, -0.05) is 18.1 Å². The van der Waals surface area contributed by atoms with Crippen LogP contribution in [0.3, 0.4) is 0 Å². The average molecular weight is 333 g/mol. The Morgan fingerprint density at radius 3 is 2.44 bits per heavy atom. The van der Waals surface area contributed by atoms with Gasteiger partial charge in [-0.25, -0.2) is 9.18 Å². The number of carboxylic acid groups (broad SMARTS) is 1. The molecule has 1 N–H and O–H groups in total. The lowest BCUT2D eigenvalue weighted by molar-refractivity contribution is 0.0697. The molecule has 0 saturated heterocycles. The normalized spacial score (nSPS) is 10.2. The zero-order chi connectivity index (χ0) is 18.0. The number of nitrogens with zero attached hydrogens (tertiary/aromatic N) is 1. The Balaban J connectivity index is 2.13. The first-order valence-electron chi connectivity index (χ1n) is 7.75. The number of carbonyl (C=O) groups is 1. The van der Waals surface area contributed by atoms with Gasteiger partial charge in [0.25, 0.3) is 0 Å². The molecule has 0 aliphatic rings. The number of hydrogen-bond acceptors (Lipinski definition) is 1. The highest BCUT2D eigenvalue weighted by atomic mass is 19.1. The van der Waals surface area contributed by atoms with E-state index in [1.165, 1.54) is 6.07 Å². The lowest BCUT2D eigenvalue weighted by Gasteiger charge is -2.06. The molecule has 0 radical (unpaired) electrons.